The Hall–Kier alpha value is -1.89. The monoisotopic (exact) mass is 306 g/mol. The molecule has 106 valence electrons. The molecule has 3 nitrogen and oxygen atoms in total. The fourth-order valence-corrected chi connectivity index (χ4v) is 1.59. The summed E-state index contributed by atoms with van der Waals surface area (Å²) in [6.07, 6.45) is 0. The first-order chi connectivity index (χ1) is 9.22. The third kappa shape index (κ3) is 2.67. The Morgan fingerprint density at radius 3 is 2.25 bits per heavy atom. The predicted molar refractivity (Wildman–Crippen MR) is 65.0 cm³/mol. The van der Waals surface area contributed by atoms with Gasteiger partial charge in [0.05, 0.1) is 0 Å². The number of benzene rings is 1. The lowest BCUT2D eigenvalue weighted by Gasteiger charge is -2.20. The number of H-pyrrole nitrogens is 1. The number of alkyl halides is 5. The highest BCUT2D eigenvalue weighted by molar-refractivity contribution is 6.22. The molecule has 0 aliphatic rings. The molecule has 0 aliphatic carbocycles. The van der Waals surface area contributed by atoms with E-state index in [1.165, 1.54) is 12.1 Å². The molecule has 1 N–H and O–H groups in total. The van der Waals surface area contributed by atoms with E-state index in [0.29, 0.717) is 11.6 Å². The van der Waals surface area contributed by atoms with Crippen molar-refractivity contribution in [2.45, 2.75) is 11.3 Å². The number of nitrogens with one attached hydrogen (secondary N) is 1. The minimum absolute atomic E-state index is 0.242. The van der Waals surface area contributed by atoms with Crippen molar-refractivity contribution in [3.05, 3.63) is 52.4 Å². The third-order valence-corrected chi connectivity index (χ3v) is 2.70. The number of rotatable bonds is 3. The van der Waals surface area contributed by atoms with Crippen molar-refractivity contribution in [3.8, 4) is 11.4 Å². The lowest BCUT2D eigenvalue weighted by molar-refractivity contribution is -0.166. The summed E-state index contributed by atoms with van der Waals surface area (Å²) in [5.41, 5.74) is -2.06. The van der Waals surface area contributed by atoms with Crippen molar-refractivity contribution in [1.29, 1.82) is 0 Å². The molecular formula is C12H7ClF4N2O. The average Bonchev–Trinajstić information content (AvgIpc) is 2.37. The van der Waals surface area contributed by atoms with E-state index in [1.807, 2.05) is 0 Å². The van der Waals surface area contributed by atoms with Crippen LogP contribution in [0.15, 0.2) is 41.2 Å². The topological polar surface area (TPSA) is 45.8 Å². The predicted octanol–water partition coefficient (Wildman–Crippen LogP) is 3.36. The van der Waals surface area contributed by atoms with Crippen LogP contribution in [0.25, 0.3) is 11.4 Å². The van der Waals surface area contributed by atoms with E-state index in [0.717, 1.165) is 0 Å². The van der Waals surface area contributed by atoms with Gasteiger partial charge in [-0.1, -0.05) is 30.3 Å². The van der Waals surface area contributed by atoms with E-state index in [9.17, 15) is 22.4 Å². The Bertz CT molecular complexity index is 667. The Morgan fingerprint density at radius 2 is 1.70 bits per heavy atom. The first-order valence-corrected chi connectivity index (χ1v) is 5.71. The van der Waals surface area contributed by atoms with E-state index < -0.39 is 22.6 Å². The van der Waals surface area contributed by atoms with Crippen molar-refractivity contribution in [2.75, 3.05) is 0 Å². The molecule has 2 aromatic rings. The van der Waals surface area contributed by atoms with Gasteiger partial charge >= 0.3 is 11.3 Å². The summed E-state index contributed by atoms with van der Waals surface area (Å²) in [5, 5.41) is -4.85. The van der Waals surface area contributed by atoms with Gasteiger partial charge in [0, 0.05) is 11.6 Å². The zero-order valence-electron chi connectivity index (χ0n) is 9.71. The summed E-state index contributed by atoms with van der Waals surface area (Å²) < 4.78 is 52.3. The van der Waals surface area contributed by atoms with Gasteiger partial charge in [-0.25, -0.2) is 4.98 Å². The molecule has 20 heavy (non-hydrogen) atoms. The van der Waals surface area contributed by atoms with Gasteiger partial charge in [-0.3, -0.25) is 4.79 Å². The van der Waals surface area contributed by atoms with Gasteiger partial charge in [0.15, 0.2) is 0 Å². The highest BCUT2D eigenvalue weighted by Crippen LogP contribution is 2.44. The normalized spacial score (nSPS) is 12.4. The first kappa shape index (κ1) is 14.5. The Balaban J connectivity index is 2.59. The van der Waals surface area contributed by atoms with Crippen molar-refractivity contribution in [2.24, 2.45) is 0 Å². The molecule has 0 atom stereocenters. The second-order valence-electron chi connectivity index (χ2n) is 3.92. The van der Waals surface area contributed by atoms with Crippen LogP contribution in [-0.2, 0) is 5.92 Å². The van der Waals surface area contributed by atoms with Gasteiger partial charge in [0.25, 0.3) is 5.56 Å². The van der Waals surface area contributed by atoms with Gasteiger partial charge in [0.1, 0.15) is 11.5 Å². The maximum Gasteiger partial charge on any atom is 0.390 e. The molecule has 2 rings (SSSR count). The minimum Gasteiger partial charge on any atom is -0.307 e. The molecule has 1 aromatic heterocycles. The van der Waals surface area contributed by atoms with E-state index in [4.69, 9.17) is 0 Å². The quantitative estimate of drug-likeness (QED) is 0.698. The maximum absolute atomic E-state index is 13.4. The summed E-state index contributed by atoms with van der Waals surface area (Å²) in [7, 11) is 0. The van der Waals surface area contributed by atoms with E-state index in [2.05, 4.69) is 21.6 Å². The molecule has 0 saturated heterocycles. The molecule has 0 spiro atoms. The highest BCUT2D eigenvalue weighted by Gasteiger charge is 2.57. The molecule has 1 aromatic carbocycles. The standard InChI is InChI=1S/C12H7ClF4N2O/c13-12(16,17)11(14,15)8-6-9(20)19-10(18-8)7-4-2-1-3-5-7/h1-6H,(H,18,19,20). The van der Waals surface area contributed by atoms with Crippen LogP contribution < -0.4 is 5.56 Å². The van der Waals surface area contributed by atoms with Crippen LogP contribution in [0.2, 0.25) is 0 Å². The van der Waals surface area contributed by atoms with E-state index >= 15 is 0 Å². The highest BCUT2D eigenvalue weighted by atomic mass is 35.5. The third-order valence-electron chi connectivity index (χ3n) is 2.47. The van der Waals surface area contributed by atoms with Crippen molar-refractivity contribution in [3.63, 3.8) is 0 Å². The lowest BCUT2D eigenvalue weighted by atomic mass is 10.2. The number of halogens is 5. The minimum atomic E-state index is -4.85. The fourth-order valence-electron chi connectivity index (χ4n) is 1.50. The first-order valence-electron chi connectivity index (χ1n) is 5.33. The summed E-state index contributed by atoms with van der Waals surface area (Å²) >= 11 is 4.37. The van der Waals surface area contributed by atoms with Crippen LogP contribution in [0.5, 0.6) is 0 Å². The summed E-state index contributed by atoms with van der Waals surface area (Å²) in [4.78, 5) is 16.9. The zero-order valence-corrected chi connectivity index (χ0v) is 10.5. The molecule has 0 aliphatic heterocycles. The Labute approximate surface area is 115 Å². The second kappa shape index (κ2) is 4.90. The number of hydrogen-bond acceptors (Lipinski definition) is 2. The van der Waals surface area contributed by atoms with Crippen LogP contribution in [0.4, 0.5) is 17.6 Å². The molecular weight excluding hydrogens is 300 g/mol. The second-order valence-corrected chi connectivity index (χ2v) is 4.39. The maximum atomic E-state index is 13.4. The Kier molecular flexibility index (Phi) is 3.56. The van der Waals surface area contributed by atoms with Gasteiger partial charge < -0.3 is 4.98 Å². The molecule has 0 amide bonds. The van der Waals surface area contributed by atoms with Gasteiger partial charge in [-0.15, -0.1) is 0 Å². The van der Waals surface area contributed by atoms with Crippen LogP contribution >= 0.6 is 11.6 Å². The van der Waals surface area contributed by atoms with Crippen LogP contribution in [0.1, 0.15) is 5.69 Å². The van der Waals surface area contributed by atoms with Gasteiger partial charge in [-0.05, 0) is 11.6 Å². The molecule has 0 radical (unpaired) electrons. The van der Waals surface area contributed by atoms with Crippen molar-refractivity contribution in [1.82, 2.24) is 9.97 Å². The van der Waals surface area contributed by atoms with E-state index in [-0.39, 0.29) is 5.82 Å². The smallest absolute Gasteiger partial charge is 0.307 e. The number of aromatic amines is 1. The zero-order chi connectivity index (χ0) is 15.0. The van der Waals surface area contributed by atoms with Crippen LogP contribution in [-0.4, -0.2) is 15.3 Å². The molecule has 0 bridgehead atoms. The van der Waals surface area contributed by atoms with Crippen molar-refractivity contribution < 1.29 is 17.6 Å². The number of nitrogens with zero attached hydrogens (tertiary/aromatic N) is 1. The fraction of sp³-hybridized carbons (Fsp3) is 0.167. The van der Waals surface area contributed by atoms with E-state index in [1.54, 1.807) is 18.2 Å². The van der Waals surface area contributed by atoms with Gasteiger partial charge in [-0.2, -0.15) is 17.6 Å². The molecule has 1 heterocycles. The molecule has 0 fully saturated rings. The lowest BCUT2D eigenvalue weighted by Crippen LogP contribution is -2.35. The average molecular weight is 307 g/mol. The van der Waals surface area contributed by atoms with Gasteiger partial charge in [0.2, 0.25) is 0 Å². The molecule has 0 saturated carbocycles. The van der Waals surface area contributed by atoms with Crippen LogP contribution in [0.3, 0.4) is 0 Å². The molecule has 8 heteroatoms. The Morgan fingerprint density at radius 1 is 1.10 bits per heavy atom. The number of hydrogen-bond donors (Lipinski definition) is 1. The SMILES string of the molecule is O=c1cc(C(F)(F)C(F)(F)Cl)nc(-c2ccccc2)[nH]1. The van der Waals surface area contributed by atoms with Crippen molar-refractivity contribution >= 4 is 11.6 Å². The van der Waals surface area contributed by atoms with Crippen LogP contribution in [0, 0.1) is 0 Å². The summed E-state index contributed by atoms with van der Waals surface area (Å²) in [5.74, 6) is -5.00. The summed E-state index contributed by atoms with van der Waals surface area (Å²) in [6.45, 7) is 0. The molecule has 0 unspecified atom stereocenters. The largest absolute Gasteiger partial charge is 0.390 e. The summed E-state index contributed by atoms with van der Waals surface area (Å²) in [6, 6.07) is 8.08. The number of aromatic nitrogens is 2.